The van der Waals surface area contributed by atoms with E-state index in [9.17, 15) is 40.5 Å². The standard InChI is InChI=1S/C51H94O14/c1-3-5-7-9-11-13-15-17-18-19-20-21-22-23-24-26-28-30-32-34-43(53)63-40(37-60-35-33-31-29-27-25-16-14-12-10-8-6-4-2)38-61-50-49(59)47(57)45(55)42(65-50)39-62-51-48(58)46(56)44(54)41(36-52)64-51/h11,13,17-18,40-42,44-52,54-59H,3-10,12,14-16,19-39H2,1-2H3/b13-11-,18-17-. The van der Waals surface area contributed by atoms with Crippen molar-refractivity contribution < 1.29 is 69.0 Å². The highest BCUT2D eigenvalue weighted by Gasteiger charge is 2.47. The molecule has 2 rings (SSSR count). The van der Waals surface area contributed by atoms with Crippen LogP contribution in [0.1, 0.15) is 194 Å². The Morgan fingerprint density at radius 3 is 1.51 bits per heavy atom. The van der Waals surface area contributed by atoms with Gasteiger partial charge in [-0.05, 0) is 44.9 Å². The van der Waals surface area contributed by atoms with Crippen LogP contribution in [0.4, 0.5) is 0 Å². The maximum absolute atomic E-state index is 13.0. The van der Waals surface area contributed by atoms with Crippen molar-refractivity contribution in [1.82, 2.24) is 0 Å². The van der Waals surface area contributed by atoms with Crippen molar-refractivity contribution in [2.24, 2.45) is 0 Å². The lowest BCUT2D eigenvalue weighted by atomic mass is 9.98. The summed E-state index contributed by atoms with van der Waals surface area (Å²) >= 11 is 0. The van der Waals surface area contributed by atoms with Crippen molar-refractivity contribution in [2.45, 2.75) is 261 Å². The summed E-state index contributed by atoms with van der Waals surface area (Å²) in [6, 6.07) is 0. The monoisotopic (exact) mass is 931 g/mol. The maximum atomic E-state index is 13.0. The number of unbranched alkanes of at least 4 members (excludes halogenated alkanes) is 23. The minimum absolute atomic E-state index is 0.0637. The topological polar surface area (TPSA) is 214 Å². The highest BCUT2D eigenvalue weighted by molar-refractivity contribution is 5.69. The van der Waals surface area contributed by atoms with Crippen molar-refractivity contribution in [3.8, 4) is 0 Å². The molecular weight excluding hydrogens is 837 g/mol. The van der Waals surface area contributed by atoms with Crippen LogP contribution in [-0.2, 0) is 33.2 Å². The van der Waals surface area contributed by atoms with Crippen molar-refractivity contribution in [3.63, 3.8) is 0 Å². The Morgan fingerprint density at radius 2 is 0.954 bits per heavy atom. The Bertz CT molecular complexity index is 1170. The molecule has 7 N–H and O–H groups in total. The minimum atomic E-state index is -1.70. The van der Waals surface area contributed by atoms with Gasteiger partial charge in [-0.2, -0.15) is 0 Å². The quantitative estimate of drug-likeness (QED) is 0.0179. The van der Waals surface area contributed by atoms with E-state index in [1.54, 1.807) is 0 Å². The Morgan fingerprint density at radius 1 is 0.508 bits per heavy atom. The fourth-order valence-electron chi connectivity index (χ4n) is 8.20. The van der Waals surface area contributed by atoms with E-state index in [0.29, 0.717) is 13.0 Å². The van der Waals surface area contributed by atoms with Crippen molar-refractivity contribution in [3.05, 3.63) is 24.3 Å². The summed E-state index contributed by atoms with van der Waals surface area (Å²) in [6.07, 6.45) is 25.2. The number of carbonyl (C=O) groups excluding carboxylic acids is 1. The van der Waals surface area contributed by atoms with Crippen LogP contribution in [0.2, 0.25) is 0 Å². The number of allylic oxidation sites excluding steroid dienone is 4. The molecule has 382 valence electrons. The highest BCUT2D eigenvalue weighted by atomic mass is 16.7. The molecule has 14 nitrogen and oxygen atoms in total. The zero-order valence-electron chi connectivity index (χ0n) is 40.5. The fraction of sp³-hybridized carbons (Fsp3) is 0.902. The van der Waals surface area contributed by atoms with Crippen LogP contribution in [0, 0.1) is 0 Å². The molecule has 65 heavy (non-hydrogen) atoms. The molecular formula is C51H94O14. The first-order chi connectivity index (χ1) is 31.6. The van der Waals surface area contributed by atoms with Crippen LogP contribution in [0.25, 0.3) is 0 Å². The van der Waals surface area contributed by atoms with Gasteiger partial charge in [0.1, 0.15) is 54.9 Å². The molecule has 11 atom stereocenters. The molecule has 0 radical (unpaired) electrons. The number of ether oxygens (including phenoxy) is 6. The van der Waals surface area contributed by atoms with Gasteiger partial charge in [-0.15, -0.1) is 0 Å². The van der Waals surface area contributed by atoms with Gasteiger partial charge in [0.05, 0.1) is 26.4 Å². The summed E-state index contributed by atoms with van der Waals surface area (Å²) in [5.74, 6) is -0.379. The average Bonchev–Trinajstić information content (AvgIpc) is 3.30. The third-order valence-electron chi connectivity index (χ3n) is 12.5. The van der Waals surface area contributed by atoms with Crippen LogP contribution in [-0.4, -0.2) is 142 Å². The smallest absolute Gasteiger partial charge is 0.306 e. The summed E-state index contributed by atoms with van der Waals surface area (Å²) in [7, 11) is 0. The molecule has 2 aliphatic rings. The molecule has 0 aromatic rings. The van der Waals surface area contributed by atoms with E-state index in [0.717, 1.165) is 51.4 Å². The molecule has 11 unspecified atom stereocenters. The molecule has 0 aliphatic carbocycles. The molecule has 0 bridgehead atoms. The van der Waals surface area contributed by atoms with Crippen molar-refractivity contribution in [1.29, 1.82) is 0 Å². The van der Waals surface area contributed by atoms with Crippen LogP contribution in [0.5, 0.6) is 0 Å². The predicted molar refractivity (Wildman–Crippen MR) is 252 cm³/mol. The van der Waals surface area contributed by atoms with Gasteiger partial charge in [0.2, 0.25) is 0 Å². The van der Waals surface area contributed by atoms with Crippen LogP contribution < -0.4 is 0 Å². The molecule has 0 amide bonds. The predicted octanol–water partition coefficient (Wildman–Crippen LogP) is 7.63. The van der Waals surface area contributed by atoms with Crippen molar-refractivity contribution >= 4 is 5.97 Å². The minimum Gasteiger partial charge on any atom is -0.457 e. The van der Waals surface area contributed by atoms with Gasteiger partial charge >= 0.3 is 5.97 Å². The van der Waals surface area contributed by atoms with Gasteiger partial charge < -0.3 is 64.2 Å². The first kappa shape index (κ1) is 59.6. The highest BCUT2D eigenvalue weighted by Crippen LogP contribution is 2.26. The summed E-state index contributed by atoms with van der Waals surface area (Å²) in [4.78, 5) is 13.0. The molecule has 14 heteroatoms. The summed E-state index contributed by atoms with van der Waals surface area (Å²) < 4.78 is 34.3. The van der Waals surface area contributed by atoms with E-state index in [-0.39, 0.29) is 25.6 Å². The van der Waals surface area contributed by atoms with Gasteiger partial charge in [-0.25, -0.2) is 0 Å². The molecule has 0 aromatic carbocycles. The molecule has 0 spiro atoms. The molecule has 0 aromatic heterocycles. The van der Waals surface area contributed by atoms with E-state index in [4.69, 9.17) is 28.4 Å². The van der Waals surface area contributed by atoms with Gasteiger partial charge in [0.25, 0.3) is 0 Å². The lowest BCUT2D eigenvalue weighted by Gasteiger charge is -2.42. The SMILES string of the molecule is CCCCC/C=C\C/C=C\CCCCCCCCCCCC(=O)OC(COCCCCCCCCCCCCCC)COC1OC(COC2OC(CO)C(O)C(O)C2O)C(O)C(O)C1O. The fourth-order valence-corrected chi connectivity index (χ4v) is 8.20. The van der Waals surface area contributed by atoms with Crippen LogP contribution in [0.15, 0.2) is 24.3 Å². The first-order valence-electron chi connectivity index (χ1n) is 25.9. The van der Waals surface area contributed by atoms with E-state index >= 15 is 0 Å². The van der Waals surface area contributed by atoms with Gasteiger partial charge in [-0.3, -0.25) is 4.79 Å². The second-order valence-corrected chi connectivity index (χ2v) is 18.3. The van der Waals surface area contributed by atoms with E-state index in [1.165, 1.54) is 116 Å². The van der Waals surface area contributed by atoms with Crippen molar-refractivity contribution in [2.75, 3.05) is 33.0 Å². The largest absolute Gasteiger partial charge is 0.457 e. The zero-order chi connectivity index (χ0) is 47.3. The number of aliphatic hydroxyl groups is 7. The summed E-state index contributed by atoms with van der Waals surface area (Å²) in [5.41, 5.74) is 0. The molecule has 0 saturated carbocycles. The average molecular weight is 931 g/mol. The normalized spacial score (nSPS) is 26.7. The van der Waals surface area contributed by atoms with Crippen LogP contribution in [0.3, 0.4) is 0 Å². The first-order valence-corrected chi connectivity index (χ1v) is 25.9. The Labute approximate surface area is 392 Å². The molecule has 2 aliphatic heterocycles. The van der Waals surface area contributed by atoms with Gasteiger partial charge in [0.15, 0.2) is 12.6 Å². The summed E-state index contributed by atoms with van der Waals surface area (Å²) in [6.45, 7) is 3.67. The van der Waals surface area contributed by atoms with Gasteiger partial charge in [-0.1, -0.05) is 167 Å². The van der Waals surface area contributed by atoms with E-state index in [1.807, 2.05) is 0 Å². The Kier molecular flexibility index (Phi) is 36.1. The van der Waals surface area contributed by atoms with Gasteiger partial charge in [0, 0.05) is 13.0 Å². The number of esters is 1. The number of aliphatic hydroxyl groups excluding tert-OH is 7. The third-order valence-corrected chi connectivity index (χ3v) is 12.5. The lowest BCUT2D eigenvalue weighted by molar-refractivity contribution is -0.332. The molecule has 2 saturated heterocycles. The maximum Gasteiger partial charge on any atom is 0.306 e. The summed E-state index contributed by atoms with van der Waals surface area (Å²) in [5, 5.41) is 72.1. The Hall–Kier alpha value is -1.53. The van der Waals surface area contributed by atoms with E-state index in [2.05, 4.69) is 38.2 Å². The van der Waals surface area contributed by atoms with E-state index < -0.39 is 80.7 Å². The number of rotatable bonds is 41. The Balaban J connectivity index is 1.75. The number of hydrogen-bond donors (Lipinski definition) is 7. The number of hydrogen-bond acceptors (Lipinski definition) is 14. The molecule has 2 fully saturated rings. The second kappa shape index (κ2) is 39.3. The zero-order valence-corrected chi connectivity index (χ0v) is 40.5. The molecule has 2 heterocycles. The van der Waals surface area contributed by atoms with Crippen LogP contribution >= 0.6 is 0 Å². The second-order valence-electron chi connectivity index (χ2n) is 18.3. The third kappa shape index (κ3) is 27.3. The number of carbonyl (C=O) groups is 1. The lowest BCUT2D eigenvalue weighted by Crippen LogP contribution is -2.61.